The number of ether oxygens (including phenoxy) is 3. The molecule has 0 unspecified atom stereocenters. The number of rotatable bonds is 15. The maximum absolute atomic E-state index is 14.2. The van der Waals surface area contributed by atoms with Crippen LogP contribution >= 0.6 is 23.2 Å². The average molecular weight is 628 g/mol. The van der Waals surface area contributed by atoms with Crippen molar-refractivity contribution in [3.8, 4) is 5.75 Å². The fourth-order valence-electron chi connectivity index (χ4n) is 4.63. The predicted octanol–water partition coefficient (Wildman–Crippen LogP) is 5.85. The molecule has 2 atom stereocenters. The van der Waals surface area contributed by atoms with Gasteiger partial charge in [0, 0.05) is 71.5 Å². The number of carbonyl (C=O) groups excluding carboxylic acids is 1. The van der Waals surface area contributed by atoms with Crippen LogP contribution in [0.4, 0.5) is 5.69 Å². The molecule has 3 aromatic rings. The third-order valence-electron chi connectivity index (χ3n) is 6.73. The summed E-state index contributed by atoms with van der Waals surface area (Å²) < 4.78 is 17.2. The van der Waals surface area contributed by atoms with Crippen LogP contribution in [-0.4, -0.2) is 55.9 Å². The van der Waals surface area contributed by atoms with Crippen LogP contribution in [-0.2, 0) is 20.7 Å². The van der Waals surface area contributed by atoms with Crippen LogP contribution in [0.1, 0.15) is 35.6 Å². The first-order valence-corrected chi connectivity index (χ1v) is 14.4. The van der Waals surface area contributed by atoms with Gasteiger partial charge < -0.3 is 19.3 Å². The summed E-state index contributed by atoms with van der Waals surface area (Å²) in [6.07, 6.45) is 0.208. The Morgan fingerprint density at radius 3 is 2.65 bits per heavy atom. The molecule has 13 heteroatoms. The Labute approximate surface area is 259 Å². The third-order valence-corrected chi connectivity index (χ3v) is 7.29. The van der Waals surface area contributed by atoms with Gasteiger partial charge in [0.2, 0.25) is 5.90 Å². The molecule has 0 saturated heterocycles. The molecule has 11 nitrogen and oxygen atoms in total. The lowest BCUT2D eigenvalue weighted by molar-refractivity contribution is -0.130. The van der Waals surface area contributed by atoms with E-state index in [1.165, 1.54) is 0 Å². The number of benzene rings is 3. The summed E-state index contributed by atoms with van der Waals surface area (Å²) in [5, 5.41) is 13.6. The van der Waals surface area contributed by atoms with Gasteiger partial charge in [-0.05, 0) is 53.9 Å². The highest BCUT2D eigenvalue weighted by molar-refractivity contribution is 6.35. The van der Waals surface area contributed by atoms with E-state index in [4.69, 9.17) is 47.5 Å². The molecule has 226 valence electrons. The number of azide groups is 1. The van der Waals surface area contributed by atoms with Crippen LogP contribution in [0.5, 0.6) is 5.75 Å². The maximum Gasteiger partial charge on any atom is 0.266 e. The summed E-state index contributed by atoms with van der Waals surface area (Å²) in [6.45, 7) is 1.37. The highest BCUT2D eigenvalue weighted by Gasteiger charge is 2.54. The number of nitrogens with one attached hydrogen (secondary N) is 2. The van der Waals surface area contributed by atoms with Crippen molar-refractivity contribution in [2.24, 2.45) is 10.1 Å². The molecular formula is C30H32Cl2N6O5. The van der Waals surface area contributed by atoms with Gasteiger partial charge in [0.1, 0.15) is 5.75 Å². The molecule has 0 bridgehead atoms. The summed E-state index contributed by atoms with van der Waals surface area (Å²) in [5.41, 5.74) is 15.4. The zero-order chi connectivity index (χ0) is 30.7. The Morgan fingerprint density at radius 2 is 1.93 bits per heavy atom. The smallest absolute Gasteiger partial charge is 0.266 e. The van der Waals surface area contributed by atoms with Crippen molar-refractivity contribution in [3.63, 3.8) is 0 Å². The number of hydrogen-bond donors (Lipinski definition) is 3. The van der Waals surface area contributed by atoms with E-state index in [1.54, 1.807) is 73.8 Å². The normalized spacial score (nSPS) is 17.5. The lowest BCUT2D eigenvalue weighted by Crippen LogP contribution is -2.54. The molecule has 1 aliphatic rings. The van der Waals surface area contributed by atoms with Crippen LogP contribution in [0.3, 0.4) is 0 Å². The molecule has 1 amide bonds. The first kappa shape index (κ1) is 32.1. The number of hydrogen-bond acceptors (Lipinski definition) is 8. The van der Waals surface area contributed by atoms with Crippen LogP contribution in [0.15, 0.2) is 76.8 Å². The van der Waals surface area contributed by atoms with E-state index in [-0.39, 0.29) is 18.9 Å². The van der Waals surface area contributed by atoms with Gasteiger partial charge in [-0.2, -0.15) is 0 Å². The van der Waals surface area contributed by atoms with E-state index in [0.29, 0.717) is 70.8 Å². The molecular weight excluding hydrogens is 595 g/mol. The van der Waals surface area contributed by atoms with Crippen molar-refractivity contribution in [2.45, 2.75) is 30.9 Å². The summed E-state index contributed by atoms with van der Waals surface area (Å²) in [4.78, 5) is 22.1. The molecule has 1 heterocycles. The second-order valence-electron chi connectivity index (χ2n) is 9.68. The molecule has 0 spiro atoms. The molecule has 4 rings (SSSR count). The van der Waals surface area contributed by atoms with Crippen molar-refractivity contribution in [3.05, 3.63) is 104 Å². The Bertz CT molecular complexity index is 1480. The molecule has 0 radical (unpaired) electrons. The van der Waals surface area contributed by atoms with Gasteiger partial charge >= 0.3 is 0 Å². The zero-order valence-electron chi connectivity index (χ0n) is 23.5. The quantitative estimate of drug-likeness (QED) is 0.0632. The third kappa shape index (κ3) is 7.97. The van der Waals surface area contributed by atoms with Gasteiger partial charge in [-0.3, -0.25) is 10.2 Å². The Kier molecular flexibility index (Phi) is 11.6. The molecule has 0 aliphatic carbocycles. The Hall–Kier alpha value is -3.83. The van der Waals surface area contributed by atoms with Crippen LogP contribution in [0.25, 0.3) is 10.4 Å². The highest BCUT2D eigenvalue weighted by Crippen LogP contribution is 2.45. The van der Waals surface area contributed by atoms with Gasteiger partial charge in [-0.15, -0.1) is 0 Å². The van der Waals surface area contributed by atoms with Crippen molar-refractivity contribution >= 4 is 40.7 Å². The monoisotopic (exact) mass is 626 g/mol. The molecule has 0 fully saturated rings. The molecule has 0 aromatic heterocycles. The zero-order valence-corrected chi connectivity index (χ0v) is 25.0. The van der Waals surface area contributed by atoms with E-state index in [0.717, 1.165) is 0 Å². The number of aliphatic hydroxyl groups excluding tert-OH is 1. The van der Waals surface area contributed by atoms with E-state index in [2.05, 4.69) is 20.9 Å². The summed E-state index contributed by atoms with van der Waals surface area (Å²) in [7, 11) is 1.61. The highest BCUT2D eigenvalue weighted by atomic mass is 35.5. The van der Waals surface area contributed by atoms with E-state index >= 15 is 0 Å². The number of halogens is 2. The average Bonchev–Trinajstić information content (AvgIpc) is 3.38. The van der Waals surface area contributed by atoms with Gasteiger partial charge in [0.25, 0.3) is 5.91 Å². The minimum atomic E-state index is -1.58. The summed E-state index contributed by atoms with van der Waals surface area (Å²) in [5.74, 6) is 0.352. The minimum absolute atomic E-state index is 0.0171. The molecule has 3 N–H and O–H groups in total. The van der Waals surface area contributed by atoms with Crippen molar-refractivity contribution in [2.75, 3.05) is 33.5 Å². The Morgan fingerprint density at radius 1 is 1.14 bits per heavy atom. The lowest BCUT2D eigenvalue weighted by Gasteiger charge is -2.31. The van der Waals surface area contributed by atoms with Gasteiger partial charge in [0.15, 0.2) is 11.6 Å². The largest absolute Gasteiger partial charge is 0.494 e. The molecule has 1 aliphatic heterocycles. The van der Waals surface area contributed by atoms with Crippen LogP contribution in [0.2, 0.25) is 10.0 Å². The standard InChI is InChI=1S/C30H32Cl2N6O5/c1-41-16-4-14-34-37-29(40)30(19-21-6-2-3-7-26(21)36-38-33)27(24-13-10-22(31)18-25(24)32)43-28(35-30)20-8-11-23(12-9-20)42-17-5-15-39/h2-3,6-13,18,27,34,39H,4-5,14-17,19H2,1H3,(H,37,40)/t27-,30-/m0/s1. The first-order valence-electron chi connectivity index (χ1n) is 13.6. The number of methoxy groups -OCH3 is 1. The first-order chi connectivity index (χ1) is 20.9. The second kappa shape index (κ2) is 15.6. The minimum Gasteiger partial charge on any atom is -0.494 e. The number of aliphatic imine (C=N–C) groups is 1. The SMILES string of the molecule is COCCCNNC(=O)[C@@]1(Cc2ccccc2N=[N+]=[N-])N=C(c2ccc(OCCCO)cc2)O[C@H]1c1ccc(Cl)cc1Cl. The number of carbonyl (C=O) groups is 1. The van der Waals surface area contributed by atoms with E-state index < -0.39 is 17.6 Å². The Balaban J connectivity index is 1.80. The number of aliphatic hydroxyl groups is 1. The van der Waals surface area contributed by atoms with Crippen molar-refractivity contribution in [1.82, 2.24) is 10.9 Å². The van der Waals surface area contributed by atoms with Crippen molar-refractivity contribution in [1.29, 1.82) is 0 Å². The molecule has 3 aromatic carbocycles. The number of amides is 1. The molecule has 43 heavy (non-hydrogen) atoms. The summed E-state index contributed by atoms with van der Waals surface area (Å²) >= 11 is 12.9. The van der Waals surface area contributed by atoms with Gasteiger partial charge in [0.05, 0.1) is 6.61 Å². The second-order valence-corrected chi connectivity index (χ2v) is 10.5. The predicted molar refractivity (Wildman–Crippen MR) is 165 cm³/mol. The fraction of sp³-hybridized carbons (Fsp3) is 0.333. The van der Waals surface area contributed by atoms with Crippen LogP contribution in [0, 0.1) is 0 Å². The van der Waals surface area contributed by atoms with E-state index in [9.17, 15) is 10.3 Å². The van der Waals surface area contributed by atoms with Crippen LogP contribution < -0.4 is 15.6 Å². The lowest BCUT2D eigenvalue weighted by atomic mass is 9.81. The molecule has 0 saturated carbocycles. The number of nitrogens with zero attached hydrogens (tertiary/aromatic N) is 4. The summed E-state index contributed by atoms with van der Waals surface area (Å²) in [6, 6.07) is 19.0. The van der Waals surface area contributed by atoms with E-state index in [1.807, 2.05) is 0 Å². The topological polar surface area (TPSA) is 150 Å². The fourth-order valence-corrected chi connectivity index (χ4v) is 5.13. The van der Waals surface area contributed by atoms with Gasteiger partial charge in [-0.1, -0.05) is 58.6 Å². The maximum atomic E-state index is 14.2. The van der Waals surface area contributed by atoms with Gasteiger partial charge in [-0.25, -0.2) is 10.4 Å². The number of hydrazine groups is 1. The van der Waals surface area contributed by atoms with Crippen molar-refractivity contribution < 1.29 is 24.1 Å².